The highest BCUT2D eigenvalue weighted by Crippen LogP contribution is 2.33. The van der Waals surface area contributed by atoms with Crippen molar-refractivity contribution in [3.8, 4) is 0 Å². The first kappa shape index (κ1) is 13.4. The summed E-state index contributed by atoms with van der Waals surface area (Å²) in [6.07, 6.45) is -0.438. The molecule has 0 aliphatic heterocycles. The van der Waals surface area contributed by atoms with E-state index >= 15 is 0 Å². The van der Waals surface area contributed by atoms with Gasteiger partial charge in [-0.05, 0) is 25.5 Å². The summed E-state index contributed by atoms with van der Waals surface area (Å²) < 4.78 is 18.8. The molecule has 1 rings (SSSR count). The third-order valence-corrected chi connectivity index (χ3v) is 3.24. The lowest BCUT2D eigenvalue weighted by molar-refractivity contribution is -0.0955. The zero-order valence-electron chi connectivity index (χ0n) is 9.63. The van der Waals surface area contributed by atoms with Crippen molar-refractivity contribution < 1.29 is 14.2 Å². The molecule has 16 heavy (non-hydrogen) atoms. The standard InChI is InChI=1S/C12H16ClFO2/c1-4-12(2,16-3)11(15)9-6-5-8(13)7-10(9)14/h5-7,11,15H,4H2,1-3H3. The minimum Gasteiger partial charge on any atom is -0.385 e. The smallest absolute Gasteiger partial charge is 0.130 e. The Kier molecular flexibility index (Phi) is 4.30. The van der Waals surface area contributed by atoms with E-state index in [9.17, 15) is 9.50 Å². The molecular weight excluding hydrogens is 231 g/mol. The van der Waals surface area contributed by atoms with Crippen LogP contribution in [0.1, 0.15) is 31.9 Å². The zero-order valence-corrected chi connectivity index (χ0v) is 10.4. The summed E-state index contributed by atoms with van der Waals surface area (Å²) in [7, 11) is 1.50. The Hall–Kier alpha value is -0.640. The van der Waals surface area contributed by atoms with E-state index in [-0.39, 0.29) is 5.56 Å². The van der Waals surface area contributed by atoms with Crippen molar-refractivity contribution >= 4 is 11.6 Å². The second-order valence-electron chi connectivity index (χ2n) is 3.94. The van der Waals surface area contributed by atoms with Crippen LogP contribution >= 0.6 is 11.6 Å². The van der Waals surface area contributed by atoms with Gasteiger partial charge in [0.2, 0.25) is 0 Å². The van der Waals surface area contributed by atoms with Crippen LogP contribution in [0, 0.1) is 5.82 Å². The average Bonchev–Trinajstić information content (AvgIpc) is 2.27. The summed E-state index contributed by atoms with van der Waals surface area (Å²) in [6, 6.07) is 4.22. The molecular formula is C12H16ClFO2. The molecule has 90 valence electrons. The number of aliphatic hydroxyl groups is 1. The predicted octanol–water partition coefficient (Wildman–Crippen LogP) is 3.33. The van der Waals surface area contributed by atoms with Gasteiger partial charge in [0.15, 0.2) is 0 Å². The predicted molar refractivity (Wildman–Crippen MR) is 62.1 cm³/mol. The Labute approximate surface area is 100.0 Å². The van der Waals surface area contributed by atoms with Crippen molar-refractivity contribution in [2.45, 2.75) is 32.0 Å². The molecule has 4 heteroatoms. The van der Waals surface area contributed by atoms with E-state index in [1.807, 2.05) is 6.92 Å². The summed E-state index contributed by atoms with van der Waals surface area (Å²) in [5.41, 5.74) is -0.593. The number of hydrogen-bond donors (Lipinski definition) is 1. The molecule has 0 bridgehead atoms. The van der Waals surface area contributed by atoms with Crippen molar-refractivity contribution in [3.05, 3.63) is 34.6 Å². The van der Waals surface area contributed by atoms with E-state index in [0.717, 1.165) is 0 Å². The van der Waals surface area contributed by atoms with Crippen LogP contribution < -0.4 is 0 Å². The largest absolute Gasteiger partial charge is 0.385 e. The minimum atomic E-state index is -1.01. The average molecular weight is 247 g/mol. The summed E-state index contributed by atoms with van der Waals surface area (Å²) in [5.74, 6) is -0.517. The van der Waals surface area contributed by atoms with Crippen LogP contribution in [0.2, 0.25) is 5.02 Å². The summed E-state index contributed by atoms with van der Waals surface area (Å²) in [5, 5.41) is 10.4. The first-order valence-corrected chi connectivity index (χ1v) is 5.50. The minimum absolute atomic E-state index is 0.204. The number of rotatable bonds is 4. The number of hydrogen-bond acceptors (Lipinski definition) is 2. The highest BCUT2D eigenvalue weighted by Gasteiger charge is 2.33. The molecule has 1 aromatic carbocycles. The van der Waals surface area contributed by atoms with Crippen molar-refractivity contribution in [3.63, 3.8) is 0 Å². The van der Waals surface area contributed by atoms with Gasteiger partial charge < -0.3 is 9.84 Å². The van der Waals surface area contributed by atoms with Gasteiger partial charge in [-0.2, -0.15) is 0 Å². The third-order valence-electron chi connectivity index (χ3n) is 3.00. The van der Waals surface area contributed by atoms with Gasteiger partial charge in [0.1, 0.15) is 11.9 Å². The lowest BCUT2D eigenvalue weighted by atomic mass is 9.90. The van der Waals surface area contributed by atoms with E-state index in [1.54, 1.807) is 13.0 Å². The van der Waals surface area contributed by atoms with E-state index < -0.39 is 17.5 Å². The number of benzene rings is 1. The molecule has 0 saturated carbocycles. The van der Waals surface area contributed by atoms with E-state index in [2.05, 4.69) is 0 Å². The van der Waals surface area contributed by atoms with E-state index in [1.165, 1.54) is 19.2 Å². The second-order valence-corrected chi connectivity index (χ2v) is 4.38. The monoisotopic (exact) mass is 246 g/mol. The van der Waals surface area contributed by atoms with Gasteiger partial charge in [-0.3, -0.25) is 0 Å². The van der Waals surface area contributed by atoms with E-state index in [0.29, 0.717) is 11.4 Å². The Morgan fingerprint density at radius 2 is 2.19 bits per heavy atom. The fourth-order valence-corrected chi connectivity index (χ4v) is 1.66. The Balaban J connectivity index is 3.08. The summed E-state index contributed by atoms with van der Waals surface area (Å²) >= 11 is 5.65. The lowest BCUT2D eigenvalue weighted by Gasteiger charge is -2.32. The molecule has 2 nitrogen and oxygen atoms in total. The van der Waals surface area contributed by atoms with Crippen LogP contribution in [0.25, 0.3) is 0 Å². The van der Waals surface area contributed by atoms with Crippen molar-refractivity contribution in [1.82, 2.24) is 0 Å². The fraction of sp³-hybridized carbons (Fsp3) is 0.500. The van der Waals surface area contributed by atoms with Crippen molar-refractivity contribution in [2.24, 2.45) is 0 Å². The summed E-state index contributed by atoms with van der Waals surface area (Å²) in [6.45, 7) is 3.62. The number of aliphatic hydroxyl groups excluding tert-OH is 1. The molecule has 0 aromatic heterocycles. The topological polar surface area (TPSA) is 29.5 Å². The molecule has 0 saturated heterocycles. The molecule has 0 amide bonds. The Morgan fingerprint density at radius 1 is 1.56 bits per heavy atom. The number of methoxy groups -OCH3 is 1. The van der Waals surface area contributed by atoms with Crippen LogP contribution in [0.5, 0.6) is 0 Å². The fourth-order valence-electron chi connectivity index (χ4n) is 1.50. The van der Waals surface area contributed by atoms with Crippen LogP contribution in [-0.4, -0.2) is 17.8 Å². The van der Waals surface area contributed by atoms with E-state index in [4.69, 9.17) is 16.3 Å². The van der Waals surface area contributed by atoms with Crippen LogP contribution in [-0.2, 0) is 4.74 Å². The molecule has 1 N–H and O–H groups in total. The highest BCUT2D eigenvalue weighted by molar-refractivity contribution is 6.30. The normalized spacial score (nSPS) is 16.9. The maximum Gasteiger partial charge on any atom is 0.130 e. The highest BCUT2D eigenvalue weighted by atomic mass is 35.5. The van der Waals surface area contributed by atoms with Gasteiger partial charge in [0, 0.05) is 17.7 Å². The van der Waals surface area contributed by atoms with Gasteiger partial charge in [0.05, 0.1) is 5.60 Å². The van der Waals surface area contributed by atoms with Crippen molar-refractivity contribution in [2.75, 3.05) is 7.11 Å². The molecule has 0 spiro atoms. The maximum atomic E-state index is 13.6. The molecule has 0 radical (unpaired) electrons. The quantitative estimate of drug-likeness (QED) is 0.883. The van der Waals surface area contributed by atoms with Gasteiger partial charge in [-0.1, -0.05) is 24.6 Å². The van der Waals surface area contributed by atoms with Gasteiger partial charge >= 0.3 is 0 Å². The molecule has 2 atom stereocenters. The maximum absolute atomic E-state index is 13.6. The molecule has 0 aliphatic carbocycles. The molecule has 1 aromatic rings. The van der Waals surface area contributed by atoms with Crippen LogP contribution in [0.4, 0.5) is 4.39 Å². The second kappa shape index (κ2) is 5.13. The third kappa shape index (κ3) is 2.54. The first-order chi connectivity index (χ1) is 7.44. The molecule has 0 fully saturated rings. The van der Waals surface area contributed by atoms with Gasteiger partial charge in [-0.15, -0.1) is 0 Å². The Bertz CT molecular complexity index is 364. The number of ether oxygens (including phenoxy) is 1. The molecule has 2 unspecified atom stereocenters. The zero-order chi connectivity index (χ0) is 12.3. The van der Waals surface area contributed by atoms with Gasteiger partial charge in [-0.25, -0.2) is 4.39 Å². The molecule has 0 heterocycles. The summed E-state index contributed by atoms with van der Waals surface area (Å²) in [4.78, 5) is 0. The van der Waals surface area contributed by atoms with Crippen LogP contribution in [0.3, 0.4) is 0 Å². The SMILES string of the molecule is CCC(C)(OC)C(O)c1ccc(Cl)cc1F. The Morgan fingerprint density at radius 3 is 2.62 bits per heavy atom. The molecule has 0 aliphatic rings. The number of halogens is 2. The lowest BCUT2D eigenvalue weighted by Crippen LogP contribution is -2.34. The first-order valence-electron chi connectivity index (χ1n) is 5.12. The van der Waals surface area contributed by atoms with Gasteiger partial charge in [0.25, 0.3) is 0 Å². The van der Waals surface area contributed by atoms with Crippen LogP contribution in [0.15, 0.2) is 18.2 Å². The van der Waals surface area contributed by atoms with Crippen molar-refractivity contribution in [1.29, 1.82) is 0 Å².